The second kappa shape index (κ2) is 11.2. The van der Waals surface area contributed by atoms with E-state index in [4.69, 9.17) is 16.4 Å². The summed E-state index contributed by atoms with van der Waals surface area (Å²) in [7, 11) is -2.20. The van der Waals surface area contributed by atoms with Gasteiger partial charge < -0.3 is 0 Å². The first-order chi connectivity index (χ1) is 23.4. The maximum atomic E-state index is 13.6. The number of allylic oxidation sites excluding steroid dienone is 4. The van der Waals surface area contributed by atoms with Crippen LogP contribution >= 0.6 is 22.7 Å². The molecule has 0 bridgehead atoms. The summed E-state index contributed by atoms with van der Waals surface area (Å²) in [6.07, 6.45) is 9.12. The van der Waals surface area contributed by atoms with E-state index in [-0.39, 0.29) is 39.7 Å². The molecular formula is C38H21N5O2S2Si. The molecule has 4 aliphatic rings. The molecule has 226 valence electrons. The zero-order valence-electron chi connectivity index (χ0n) is 25.3. The standard InChI is InChI=1S/C38H21N5O2S2Si/c1-2-21(18-39)31-23-10-4-6-12-25(23)35(44)33(31)42-29-16-27-37(46-29)38-28(48(27)14-8-3-9-15-48)17-30(47-38)43-34-32(22(19-40)20-41)24-11-5-7-13-26(24)36(34)45/h1,4-7,10-13,16-17H,3,8-9,14-15H2. The average Bonchev–Trinajstić information content (AvgIpc) is 3.90. The maximum Gasteiger partial charge on any atom is 0.212 e. The number of carbonyl (C=O) groups is 2. The summed E-state index contributed by atoms with van der Waals surface area (Å²) in [6, 6.07) is 26.5. The van der Waals surface area contributed by atoms with Gasteiger partial charge in [0.15, 0.2) is 0 Å². The van der Waals surface area contributed by atoms with E-state index in [9.17, 15) is 25.4 Å². The number of carbonyl (C=O) groups excluding carboxylic acids is 2. The summed E-state index contributed by atoms with van der Waals surface area (Å²) < 4.78 is 0. The van der Waals surface area contributed by atoms with Crippen LogP contribution in [-0.4, -0.2) is 31.1 Å². The Hall–Kier alpha value is -5.75. The quantitative estimate of drug-likeness (QED) is 0.127. The Morgan fingerprint density at radius 2 is 1.10 bits per heavy atom. The molecule has 1 fully saturated rings. The van der Waals surface area contributed by atoms with Crippen LogP contribution in [0, 0.1) is 46.3 Å². The lowest BCUT2D eigenvalue weighted by Gasteiger charge is -2.32. The van der Waals surface area contributed by atoms with Crippen LogP contribution in [0.2, 0.25) is 12.1 Å². The summed E-state index contributed by atoms with van der Waals surface area (Å²) in [5, 5.41) is 33.3. The van der Waals surface area contributed by atoms with Gasteiger partial charge in [-0.1, -0.05) is 73.7 Å². The van der Waals surface area contributed by atoms with Crippen LogP contribution in [0.1, 0.15) is 51.1 Å². The van der Waals surface area contributed by atoms with Crippen LogP contribution in [0.25, 0.3) is 20.9 Å². The number of nitrogens with zero attached hydrogens (tertiary/aromatic N) is 5. The van der Waals surface area contributed by atoms with Gasteiger partial charge in [-0.3, -0.25) is 9.59 Å². The van der Waals surface area contributed by atoms with E-state index in [1.165, 1.54) is 39.5 Å². The molecule has 7 nitrogen and oxygen atoms in total. The molecule has 0 unspecified atom stereocenters. The number of Topliss-reactive ketones (excluding diaryl/α,β-unsaturated/α-hetero) is 2. The van der Waals surface area contributed by atoms with Crippen molar-refractivity contribution >= 4 is 85.3 Å². The number of aliphatic imine (C=N–C) groups is 2. The van der Waals surface area contributed by atoms with Crippen molar-refractivity contribution in [3.05, 3.63) is 94.1 Å². The normalized spacial score (nSPS) is 19.3. The molecule has 4 heterocycles. The highest BCUT2D eigenvalue weighted by Crippen LogP contribution is 2.49. The molecule has 2 aromatic heterocycles. The van der Waals surface area contributed by atoms with Crippen LogP contribution < -0.4 is 10.4 Å². The number of hydrogen-bond donors (Lipinski definition) is 0. The van der Waals surface area contributed by atoms with Gasteiger partial charge in [0.05, 0.1) is 0 Å². The first kappa shape index (κ1) is 29.6. The molecule has 48 heavy (non-hydrogen) atoms. The zero-order valence-corrected chi connectivity index (χ0v) is 27.9. The SMILES string of the molecule is C#CC(C#N)=C1C(=Nc2cc3c(s2)-c2sc(N=C4C(=O)c5ccccc5C4=C(C#N)C#N)cc2[Si]32CCCCC2)C(=O)c2ccccc21. The molecule has 1 spiro atoms. The summed E-state index contributed by atoms with van der Waals surface area (Å²) in [4.78, 5) is 39.2. The van der Waals surface area contributed by atoms with Gasteiger partial charge in [-0.2, -0.15) is 15.8 Å². The molecule has 10 heteroatoms. The van der Waals surface area contributed by atoms with E-state index in [0.717, 1.165) is 34.7 Å². The lowest BCUT2D eigenvalue weighted by atomic mass is 10.0. The van der Waals surface area contributed by atoms with Crippen molar-refractivity contribution in [3.8, 4) is 40.3 Å². The highest BCUT2D eigenvalue weighted by Gasteiger charge is 2.49. The zero-order chi connectivity index (χ0) is 33.2. The highest BCUT2D eigenvalue weighted by atomic mass is 32.1. The molecule has 0 saturated carbocycles. The molecule has 0 radical (unpaired) electrons. The van der Waals surface area contributed by atoms with E-state index < -0.39 is 8.07 Å². The first-order valence-corrected chi connectivity index (χ1v) is 19.4. The van der Waals surface area contributed by atoms with Gasteiger partial charge in [0, 0.05) is 32.0 Å². The second-order valence-electron chi connectivity index (χ2n) is 11.9. The fourth-order valence-corrected chi connectivity index (χ4v) is 16.7. The van der Waals surface area contributed by atoms with Crippen molar-refractivity contribution in [2.24, 2.45) is 9.98 Å². The topological polar surface area (TPSA) is 130 Å². The largest absolute Gasteiger partial charge is 0.287 e. The number of hydrogen-bond acceptors (Lipinski definition) is 9. The van der Waals surface area contributed by atoms with Crippen molar-refractivity contribution in [1.29, 1.82) is 15.8 Å². The molecular weight excluding hydrogens is 651 g/mol. The molecule has 4 aromatic rings. The predicted octanol–water partition coefficient (Wildman–Crippen LogP) is 7.19. The van der Waals surface area contributed by atoms with Crippen molar-refractivity contribution in [1.82, 2.24) is 0 Å². The molecule has 2 aliphatic heterocycles. The number of terminal acetylenes is 1. The second-order valence-corrected chi connectivity index (χ2v) is 18.3. The number of fused-ring (bicyclic) bond motifs is 7. The van der Waals surface area contributed by atoms with Gasteiger partial charge in [0.25, 0.3) is 0 Å². The minimum atomic E-state index is -2.20. The Labute approximate surface area is 285 Å². The van der Waals surface area contributed by atoms with Gasteiger partial charge in [0.2, 0.25) is 11.6 Å². The van der Waals surface area contributed by atoms with Gasteiger partial charge in [-0.05, 0) is 45.7 Å². The Morgan fingerprint density at radius 3 is 1.54 bits per heavy atom. The Bertz CT molecular complexity index is 2280. The number of ketones is 2. The van der Waals surface area contributed by atoms with Crippen LogP contribution in [0.15, 0.2) is 81.8 Å². The number of benzene rings is 2. The van der Waals surface area contributed by atoms with Crippen LogP contribution in [0.3, 0.4) is 0 Å². The molecule has 2 aliphatic carbocycles. The van der Waals surface area contributed by atoms with Crippen LogP contribution in [-0.2, 0) is 0 Å². The van der Waals surface area contributed by atoms with E-state index in [1.54, 1.807) is 42.5 Å². The van der Waals surface area contributed by atoms with Gasteiger partial charge in [-0.25, -0.2) is 9.98 Å². The third kappa shape index (κ3) is 4.15. The van der Waals surface area contributed by atoms with Gasteiger partial charge in [-0.15, -0.1) is 29.1 Å². The lowest BCUT2D eigenvalue weighted by Crippen LogP contribution is -2.55. The smallest absolute Gasteiger partial charge is 0.212 e. The van der Waals surface area contributed by atoms with Crippen molar-refractivity contribution in [3.63, 3.8) is 0 Å². The predicted molar refractivity (Wildman–Crippen MR) is 191 cm³/mol. The van der Waals surface area contributed by atoms with E-state index in [2.05, 4.69) is 24.1 Å². The van der Waals surface area contributed by atoms with E-state index >= 15 is 0 Å². The third-order valence-electron chi connectivity index (χ3n) is 9.59. The average molecular weight is 672 g/mol. The number of nitriles is 3. The Kier molecular flexibility index (Phi) is 6.91. The minimum absolute atomic E-state index is 0.0755. The maximum absolute atomic E-state index is 13.6. The van der Waals surface area contributed by atoms with Crippen molar-refractivity contribution in [2.75, 3.05) is 0 Å². The van der Waals surface area contributed by atoms with Crippen LogP contribution in [0.4, 0.5) is 10.0 Å². The van der Waals surface area contributed by atoms with Gasteiger partial charge >= 0.3 is 0 Å². The summed E-state index contributed by atoms with van der Waals surface area (Å²) in [5.74, 6) is 1.90. The van der Waals surface area contributed by atoms with E-state index in [0.29, 0.717) is 37.8 Å². The third-order valence-corrected chi connectivity index (χ3v) is 17.4. The fraction of sp³-hybridized carbons (Fsp3) is 0.132. The van der Waals surface area contributed by atoms with E-state index in [1.807, 2.05) is 18.2 Å². The van der Waals surface area contributed by atoms with Crippen molar-refractivity contribution in [2.45, 2.75) is 31.4 Å². The van der Waals surface area contributed by atoms with Crippen LogP contribution in [0.5, 0.6) is 0 Å². The molecule has 2 aromatic carbocycles. The monoisotopic (exact) mass is 671 g/mol. The molecule has 0 atom stereocenters. The number of rotatable bonds is 2. The summed E-state index contributed by atoms with van der Waals surface area (Å²) >= 11 is 3.04. The minimum Gasteiger partial charge on any atom is -0.287 e. The summed E-state index contributed by atoms with van der Waals surface area (Å²) in [5.41, 5.74) is 3.00. The molecule has 8 rings (SSSR count). The molecule has 0 amide bonds. The molecule has 1 saturated heterocycles. The first-order valence-electron chi connectivity index (χ1n) is 15.3. The Morgan fingerprint density at radius 1 is 0.667 bits per heavy atom. The summed E-state index contributed by atoms with van der Waals surface area (Å²) in [6.45, 7) is 0. The fourth-order valence-electron chi connectivity index (χ4n) is 7.53. The van der Waals surface area contributed by atoms with Gasteiger partial charge in [0.1, 0.15) is 58.9 Å². The lowest BCUT2D eigenvalue weighted by molar-refractivity contribution is 0.106. The number of thiophene rings is 2. The van der Waals surface area contributed by atoms with Crippen molar-refractivity contribution < 1.29 is 9.59 Å². The molecule has 0 N–H and O–H groups in total. The highest BCUT2D eigenvalue weighted by molar-refractivity contribution is 7.32. The Balaban J connectivity index is 1.28.